The summed E-state index contributed by atoms with van der Waals surface area (Å²) in [6.07, 6.45) is 1.67. The first-order valence-electron chi connectivity index (χ1n) is 6.52. The number of hydrogen-bond donors (Lipinski definition) is 1. The molecule has 0 saturated heterocycles. The van der Waals surface area contributed by atoms with Gasteiger partial charge in [-0.25, -0.2) is 4.98 Å². The number of halogens is 1. The number of rotatable bonds is 5. The van der Waals surface area contributed by atoms with E-state index in [-0.39, 0.29) is 0 Å². The molecule has 2 aromatic heterocycles. The molecule has 0 unspecified atom stereocenters. The third kappa shape index (κ3) is 3.75. The number of nitrogens with one attached hydrogen (secondary N) is 1. The van der Waals surface area contributed by atoms with Crippen LogP contribution in [0.25, 0.3) is 0 Å². The molecule has 6 heteroatoms. The van der Waals surface area contributed by atoms with Crippen LogP contribution >= 0.6 is 23.4 Å². The molecule has 0 aliphatic rings. The average molecular weight is 311 g/mol. The van der Waals surface area contributed by atoms with Gasteiger partial charge in [-0.3, -0.25) is 4.68 Å². The minimum absolute atomic E-state index is 0.445. The lowest BCUT2D eigenvalue weighted by atomic mass is 10.2. The maximum atomic E-state index is 5.87. The van der Waals surface area contributed by atoms with Gasteiger partial charge in [0.2, 0.25) is 0 Å². The Hall–Kier alpha value is -1.04. The summed E-state index contributed by atoms with van der Waals surface area (Å²) in [6, 6.07) is 4.22. The van der Waals surface area contributed by atoms with Crippen molar-refractivity contribution in [3.05, 3.63) is 34.6 Å². The molecule has 0 bridgehead atoms. The number of aryl methyl sites for hydroxylation is 2. The second-order valence-electron chi connectivity index (χ2n) is 4.95. The van der Waals surface area contributed by atoms with Crippen LogP contribution in [-0.2, 0) is 13.6 Å². The normalized spacial score (nSPS) is 11.3. The van der Waals surface area contributed by atoms with Crippen molar-refractivity contribution in [2.45, 2.75) is 43.4 Å². The molecule has 0 radical (unpaired) electrons. The van der Waals surface area contributed by atoms with Crippen molar-refractivity contribution in [2.75, 3.05) is 0 Å². The van der Waals surface area contributed by atoms with Gasteiger partial charge in [-0.1, -0.05) is 37.2 Å². The fraction of sp³-hybridized carbons (Fsp3) is 0.429. The van der Waals surface area contributed by atoms with Gasteiger partial charge in [0.1, 0.15) is 10.1 Å². The van der Waals surface area contributed by atoms with Crippen LogP contribution in [-0.4, -0.2) is 20.8 Å². The van der Waals surface area contributed by atoms with Gasteiger partial charge >= 0.3 is 0 Å². The van der Waals surface area contributed by atoms with Gasteiger partial charge < -0.3 is 5.32 Å². The van der Waals surface area contributed by atoms with E-state index in [0.29, 0.717) is 11.1 Å². The molecule has 0 spiro atoms. The summed E-state index contributed by atoms with van der Waals surface area (Å²) >= 11 is 7.48. The zero-order chi connectivity index (χ0) is 14.7. The first-order chi connectivity index (χ1) is 9.47. The van der Waals surface area contributed by atoms with Crippen molar-refractivity contribution in [1.82, 2.24) is 20.1 Å². The number of hydrogen-bond acceptors (Lipinski definition) is 4. The second-order valence-corrected chi connectivity index (χ2v) is 6.39. The molecule has 0 saturated carbocycles. The van der Waals surface area contributed by atoms with E-state index in [4.69, 9.17) is 11.6 Å². The highest BCUT2D eigenvalue weighted by molar-refractivity contribution is 7.99. The molecule has 2 rings (SSSR count). The highest BCUT2D eigenvalue weighted by Gasteiger charge is 2.15. The van der Waals surface area contributed by atoms with Gasteiger partial charge in [0.25, 0.3) is 0 Å². The maximum absolute atomic E-state index is 5.87. The molecular formula is C14H19ClN4S. The van der Waals surface area contributed by atoms with Crippen molar-refractivity contribution in [2.24, 2.45) is 7.05 Å². The van der Waals surface area contributed by atoms with E-state index in [1.165, 1.54) is 5.56 Å². The van der Waals surface area contributed by atoms with E-state index in [0.717, 1.165) is 22.3 Å². The zero-order valence-corrected chi connectivity index (χ0v) is 13.7. The van der Waals surface area contributed by atoms with Crippen LogP contribution in [0.4, 0.5) is 0 Å². The highest BCUT2D eigenvalue weighted by atomic mass is 35.5. The van der Waals surface area contributed by atoms with Crippen molar-refractivity contribution in [3.63, 3.8) is 0 Å². The Balaban J connectivity index is 2.23. The van der Waals surface area contributed by atoms with E-state index < -0.39 is 0 Å². The van der Waals surface area contributed by atoms with Crippen molar-refractivity contribution in [3.8, 4) is 0 Å². The third-order valence-electron chi connectivity index (χ3n) is 2.88. The van der Waals surface area contributed by atoms with E-state index in [9.17, 15) is 0 Å². The summed E-state index contributed by atoms with van der Waals surface area (Å²) in [5.74, 6) is 0. The Bertz CT molecular complexity index is 578. The first-order valence-corrected chi connectivity index (χ1v) is 7.72. The molecule has 0 aliphatic carbocycles. The fourth-order valence-corrected chi connectivity index (χ4v) is 2.91. The minimum atomic E-state index is 0.445. The quantitative estimate of drug-likeness (QED) is 0.919. The van der Waals surface area contributed by atoms with E-state index in [1.807, 2.05) is 30.8 Å². The standard InChI is InChI=1S/C14H19ClN4S/c1-9(2)16-8-12-10(3)18-19(4)14(12)20-13-6-5-11(15)7-17-13/h5-7,9,16H,8H2,1-4H3. The summed E-state index contributed by atoms with van der Waals surface area (Å²) in [5.41, 5.74) is 2.28. The van der Waals surface area contributed by atoms with Crippen LogP contribution in [0.2, 0.25) is 5.02 Å². The van der Waals surface area contributed by atoms with Crippen LogP contribution in [0.3, 0.4) is 0 Å². The maximum Gasteiger partial charge on any atom is 0.105 e. The Morgan fingerprint density at radius 3 is 2.75 bits per heavy atom. The van der Waals surface area contributed by atoms with E-state index >= 15 is 0 Å². The van der Waals surface area contributed by atoms with Crippen molar-refractivity contribution < 1.29 is 0 Å². The van der Waals surface area contributed by atoms with Crippen LogP contribution in [0.1, 0.15) is 25.1 Å². The minimum Gasteiger partial charge on any atom is -0.310 e. The molecule has 20 heavy (non-hydrogen) atoms. The molecule has 0 fully saturated rings. The molecule has 4 nitrogen and oxygen atoms in total. The molecule has 0 aromatic carbocycles. The molecule has 0 atom stereocenters. The Kier molecular flexibility index (Phi) is 5.07. The lowest BCUT2D eigenvalue weighted by Crippen LogP contribution is -2.22. The van der Waals surface area contributed by atoms with Crippen molar-refractivity contribution in [1.29, 1.82) is 0 Å². The smallest absolute Gasteiger partial charge is 0.105 e. The monoisotopic (exact) mass is 310 g/mol. The summed E-state index contributed by atoms with van der Waals surface area (Å²) in [5, 5.41) is 10.6. The van der Waals surface area contributed by atoms with Gasteiger partial charge in [-0.2, -0.15) is 5.10 Å². The summed E-state index contributed by atoms with van der Waals surface area (Å²) in [6.45, 7) is 7.13. The van der Waals surface area contributed by atoms with Gasteiger partial charge in [0, 0.05) is 31.4 Å². The number of pyridine rings is 1. The Labute approximate surface area is 128 Å². The van der Waals surface area contributed by atoms with E-state index in [2.05, 4.69) is 29.2 Å². The number of aromatic nitrogens is 3. The topological polar surface area (TPSA) is 42.7 Å². The first kappa shape index (κ1) is 15.4. The lowest BCUT2D eigenvalue weighted by Gasteiger charge is -2.10. The van der Waals surface area contributed by atoms with Gasteiger partial charge in [-0.15, -0.1) is 0 Å². The molecule has 0 aliphatic heterocycles. The molecule has 0 amide bonds. The summed E-state index contributed by atoms with van der Waals surface area (Å²) < 4.78 is 1.91. The summed E-state index contributed by atoms with van der Waals surface area (Å²) in [7, 11) is 1.96. The summed E-state index contributed by atoms with van der Waals surface area (Å²) in [4.78, 5) is 4.33. The molecule has 108 valence electrons. The predicted molar refractivity (Wildman–Crippen MR) is 83.3 cm³/mol. The zero-order valence-electron chi connectivity index (χ0n) is 12.1. The van der Waals surface area contributed by atoms with Crippen molar-refractivity contribution >= 4 is 23.4 Å². The SMILES string of the molecule is Cc1nn(C)c(Sc2ccc(Cl)cn2)c1CNC(C)C. The Morgan fingerprint density at radius 1 is 1.40 bits per heavy atom. The van der Waals surface area contributed by atoms with Gasteiger partial charge in [0.15, 0.2) is 0 Å². The van der Waals surface area contributed by atoms with Crippen LogP contribution in [0.5, 0.6) is 0 Å². The molecule has 2 aromatic rings. The average Bonchev–Trinajstić information content (AvgIpc) is 2.64. The van der Waals surface area contributed by atoms with Gasteiger partial charge in [-0.05, 0) is 19.1 Å². The highest BCUT2D eigenvalue weighted by Crippen LogP contribution is 2.30. The molecular weight excluding hydrogens is 292 g/mol. The molecule has 2 heterocycles. The predicted octanol–water partition coefficient (Wildman–Crippen LogP) is 3.43. The number of nitrogens with zero attached hydrogens (tertiary/aromatic N) is 3. The third-order valence-corrected chi connectivity index (χ3v) is 4.26. The second kappa shape index (κ2) is 6.61. The van der Waals surface area contributed by atoms with Crippen LogP contribution in [0, 0.1) is 6.92 Å². The van der Waals surface area contributed by atoms with E-state index in [1.54, 1.807) is 18.0 Å². The lowest BCUT2D eigenvalue weighted by molar-refractivity contribution is 0.580. The van der Waals surface area contributed by atoms with Crippen LogP contribution in [0.15, 0.2) is 28.4 Å². The van der Waals surface area contributed by atoms with Crippen LogP contribution < -0.4 is 5.32 Å². The largest absolute Gasteiger partial charge is 0.310 e. The molecule has 1 N–H and O–H groups in total. The van der Waals surface area contributed by atoms with Gasteiger partial charge in [0.05, 0.1) is 10.7 Å². The fourth-order valence-electron chi connectivity index (χ4n) is 1.84. The Morgan fingerprint density at radius 2 is 2.15 bits per heavy atom.